The number of hydrogen-bond donors (Lipinski definition) is 4. The summed E-state index contributed by atoms with van der Waals surface area (Å²) in [6.45, 7) is 8.93. The van der Waals surface area contributed by atoms with Crippen molar-refractivity contribution in [2.45, 2.75) is 35.1 Å². The van der Waals surface area contributed by atoms with Crippen LogP contribution < -0.4 is 49.0 Å². The van der Waals surface area contributed by atoms with Gasteiger partial charge in [0.05, 0.1) is 43.5 Å². The molecule has 0 saturated heterocycles. The highest BCUT2D eigenvalue weighted by Gasteiger charge is 2.40. The fourth-order valence-electron chi connectivity index (χ4n) is 10.4. The molecule has 0 amide bonds. The lowest BCUT2D eigenvalue weighted by Crippen LogP contribution is -2.25. The van der Waals surface area contributed by atoms with Crippen LogP contribution in [-0.4, -0.2) is 75.5 Å². The van der Waals surface area contributed by atoms with Crippen molar-refractivity contribution < 1.29 is 100 Å². The van der Waals surface area contributed by atoms with E-state index in [-0.39, 0.29) is 52.2 Å². The predicted octanol–water partition coefficient (Wildman–Crippen LogP) is 16.1. The summed E-state index contributed by atoms with van der Waals surface area (Å²) in [4.78, 5) is 76.1. The third-order valence-electron chi connectivity index (χ3n) is 15.0. The topological polar surface area (TPSA) is 316 Å². The van der Waals surface area contributed by atoms with Crippen molar-refractivity contribution >= 4 is 85.1 Å². The lowest BCUT2D eigenvalue weighted by molar-refractivity contribution is -0.156. The van der Waals surface area contributed by atoms with Gasteiger partial charge in [-0.2, -0.15) is 0 Å². The predicted molar refractivity (Wildman–Crippen MR) is 395 cm³/mol. The summed E-state index contributed by atoms with van der Waals surface area (Å²) < 4.78 is 75.1. The molecule has 530 valence electrons. The van der Waals surface area contributed by atoms with Crippen molar-refractivity contribution in [2.75, 3.05) is 13.3 Å². The number of para-hydroxylation sites is 3. The number of aromatic hydroxyl groups is 2. The first-order valence-corrected chi connectivity index (χ1v) is 37.0. The fourth-order valence-corrected chi connectivity index (χ4v) is 16.0. The van der Waals surface area contributed by atoms with E-state index in [1.54, 1.807) is 61.9 Å². The van der Waals surface area contributed by atoms with Crippen molar-refractivity contribution in [1.29, 1.82) is 0 Å². The van der Waals surface area contributed by atoms with Gasteiger partial charge < -0.3 is 52.9 Å². The number of phenols is 2. The molecule has 0 spiro atoms. The second kappa shape index (κ2) is 34.3. The minimum Gasteiger partial charge on any atom is -0.508 e. The number of benzene rings is 11. The molecule has 24 heteroatoms. The van der Waals surface area contributed by atoms with E-state index in [0.29, 0.717) is 34.1 Å². The number of aryl methyl sites for hydroxylation is 1. The zero-order valence-electron chi connectivity index (χ0n) is 55.9. The quantitative estimate of drug-likeness (QED) is 0.0361. The van der Waals surface area contributed by atoms with Crippen molar-refractivity contribution in [3.8, 4) is 79.4 Å². The highest BCUT2D eigenvalue weighted by molar-refractivity contribution is 7.75. The first-order valence-electron chi connectivity index (χ1n) is 31.2. The molecule has 0 aliphatic carbocycles. The van der Waals surface area contributed by atoms with Gasteiger partial charge in [0.2, 0.25) is 0 Å². The Bertz CT molecular complexity index is 5030. The van der Waals surface area contributed by atoms with Crippen molar-refractivity contribution in [3.05, 3.63) is 289 Å². The summed E-state index contributed by atoms with van der Waals surface area (Å²) in [5.41, 5.74) is 7.19. The van der Waals surface area contributed by atoms with E-state index in [2.05, 4.69) is 4.74 Å². The van der Waals surface area contributed by atoms with Gasteiger partial charge in [0.25, 0.3) is 14.7 Å². The second-order valence-corrected chi connectivity index (χ2v) is 29.7. The molecule has 21 nitrogen and oxygen atoms in total. The fraction of sp³-hybridized carbons (Fsp3) is 0.0875. The summed E-state index contributed by atoms with van der Waals surface area (Å²) >= 11 is 0. The number of esters is 5. The molecular weight excluding hydrogens is 1390 g/mol. The number of carbonyl (C=O) groups excluding carboxylic acids is 5. The SMILES string of the molecule is C.CC(=O)OC(C)=O.CC(=O)Oc1ccc(OC(=O)c2cccc(C(=O)Oc3ccc(C)cc3)c2)cc1.CP1(=O)Oc2ccccc2-c2ccccc21.CP1(=O)Oc2ccccc2-c2ccccc21.O=C(O)c1cccc(C(=O)O)c1.O=P1(c2cc(O)ccc2O)Oc2ccccc2-c2ccccc21. The van der Waals surface area contributed by atoms with Crippen LogP contribution in [0, 0.1) is 6.92 Å². The van der Waals surface area contributed by atoms with E-state index in [4.69, 9.17) is 38.0 Å². The third kappa shape index (κ3) is 19.6. The molecule has 0 bridgehead atoms. The van der Waals surface area contributed by atoms with Crippen LogP contribution in [0.15, 0.2) is 261 Å². The van der Waals surface area contributed by atoms with Gasteiger partial charge in [-0.3, -0.25) is 28.1 Å². The number of phenolic OH excluding ortho intramolecular Hbond substituents is 2. The molecule has 0 fully saturated rings. The molecule has 14 rings (SSSR count). The van der Waals surface area contributed by atoms with Crippen LogP contribution in [0.3, 0.4) is 0 Å². The first kappa shape index (κ1) is 77.3. The lowest BCUT2D eigenvalue weighted by Gasteiger charge is -2.29. The Labute approximate surface area is 598 Å². The van der Waals surface area contributed by atoms with E-state index in [9.17, 15) is 57.5 Å². The molecule has 4 N–H and O–H groups in total. The summed E-state index contributed by atoms with van der Waals surface area (Å²) in [5.74, 6) is -2.30. The van der Waals surface area contributed by atoms with Crippen LogP contribution in [-0.2, 0) is 32.8 Å². The number of carboxylic acid groups (broad SMARTS) is 2. The molecule has 0 saturated carbocycles. The van der Waals surface area contributed by atoms with E-state index in [0.717, 1.165) is 55.6 Å². The molecule has 3 aliphatic rings. The van der Waals surface area contributed by atoms with E-state index in [1.807, 2.05) is 140 Å². The summed E-state index contributed by atoms with van der Waals surface area (Å²) in [6.07, 6.45) is 0. The largest absolute Gasteiger partial charge is 0.508 e. The van der Waals surface area contributed by atoms with Gasteiger partial charge in [0.1, 0.15) is 46.0 Å². The number of aromatic carboxylic acids is 2. The van der Waals surface area contributed by atoms with Gasteiger partial charge in [0.15, 0.2) is 0 Å². The summed E-state index contributed by atoms with van der Waals surface area (Å²) in [7, 11) is -8.98. The first-order chi connectivity index (χ1) is 49.1. The molecule has 0 aromatic heterocycles. The Morgan fingerprint density at radius 1 is 0.346 bits per heavy atom. The van der Waals surface area contributed by atoms with E-state index < -0.39 is 63.9 Å². The van der Waals surface area contributed by atoms with Crippen molar-refractivity contribution in [2.24, 2.45) is 0 Å². The average molecular weight is 1460 g/mol. The van der Waals surface area contributed by atoms with Crippen LogP contribution in [0.4, 0.5) is 0 Å². The maximum absolute atomic E-state index is 13.7. The van der Waals surface area contributed by atoms with Crippen LogP contribution in [0.25, 0.3) is 33.4 Å². The highest BCUT2D eigenvalue weighted by Crippen LogP contribution is 2.56. The molecule has 11 aromatic carbocycles. The molecule has 0 radical (unpaired) electrons. The average Bonchev–Trinajstić information content (AvgIpc) is 0.761. The number of carboxylic acids is 2. The number of rotatable bonds is 8. The van der Waals surface area contributed by atoms with Crippen LogP contribution in [0.5, 0.6) is 46.0 Å². The Morgan fingerprint density at radius 3 is 1.08 bits per heavy atom. The van der Waals surface area contributed by atoms with Gasteiger partial charge in [-0.05, 0) is 151 Å². The highest BCUT2D eigenvalue weighted by atomic mass is 31.2. The monoisotopic (exact) mass is 1460 g/mol. The van der Waals surface area contributed by atoms with Crippen molar-refractivity contribution in [1.82, 2.24) is 0 Å². The minimum absolute atomic E-state index is 0. The minimum atomic E-state index is -3.56. The Kier molecular flexibility index (Phi) is 25.5. The van der Waals surface area contributed by atoms with Crippen LogP contribution in [0.2, 0.25) is 0 Å². The summed E-state index contributed by atoms with van der Waals surface area (Å²) in [6, 6.07) is 73.8. The zero-order chi connectivity index (χ0) is 74.2. The van der Waals surface area contributed by atoms with Gasteiger partial charge >= 0.3 is 49.2 Å². The molecule has 11 aromatic rings. The molecular formula is C80H69O21P3. The standard InChI is InChI=1S/C23H18O6.C18H13O4P.2C13H11O2P.C8H6O4.C4H6O3.CH4/c1-15-6-8-20(9-7-15)28-22(25)17-4-3-5-18(14-17)23(26)29-21-12-10-19(11-13-21)27-16(2)24;19-12-9-10-15(20)18(11-12)23(21)17-8-4-2-6-14(17)13-5-1-3-7-16(13)22-23;2*1-16(14)13-9-5-3-7-11(13)10-6-2-4-8-12(10)15-16;9-7(10)5-2-1-3-6(4-5)8(11)12;1-3(5)7-4(2)6;/h3-14H,1-2H3;1-11,19-20H;2*2-9H,1H3;1-4H,(H,9,10)(H,11,12);1-2H3;1H4. The van der Waals surface area contributed by atoms with Gasteiger partial charge in [-0.25, -0.2) is 19.2 Å². The number of carbonyl (C=O) groups is 7. The van der Waals surface area contributed by atoms with Crippen LogP contribution >= 0.6 is 22.1 Å². The molecule has 3 atom stereocenters. The maximum Gasteiger partial charge on any atom is 0.343 e. The number of fused-ring (bicyclic) bond motifs is 9. The second-order valence-electron chi connectivity index (χ2n) is 22.7. The molecule has 3 aliphatic heterocycles. The van der Waals surface area contributed by atoms with E-state index >= 15 is 0 Å². The zero-order valence-corrected chi connectivity index (χ0v) is 58.6. The van der Waals surface area contributed by atoms with E-state index in [1.165, 1.54) is 93.6 Å². The van der Waals surface area contributed by atoms with Gasteiger partial charge in [-0.1, -0.05) is 146 Å². The van der Waals surface area contributed by atoms with Gasteiger partial charge in [-0.15, -0.1) is 0 Å². The normalized spacial score (nSPS) is 15.2. The third-order valence-corrected chi connectivity index (χ3v) is 21.1. The summed E-state index contributed by atoms with van der Waals surface area (Å²) in [5, 5.41) is 39.1. The molecule has 3 heterocycles. The Hall–Kier alpha value is -12.4. The molecule has 3 unspecified atom stereocenters. The maximum atomic E-state index is 13.7. The van der Waals surface area contributed by atoms with Crippen LogP contribution in [0.1, 0.15) is 75.2 Å². The van der Waals surface area contributed by atoms with Gasteiger partial charge in [0, 0.05) is 50.8 Å². The number of hydrogen-bond acceptors (Lipinski definition) is 19. The lowest BCUT2D eigenvalue weighted by atomic mass is 10.0. The Morgan fingerprint density at radius 2 is 0.683 bits per heavy atom. The molecule has 104 heavy (non-hydrogen) atoms. The smallest absolute Gasteiger partial charge is 0.343 e. The Balaban J connectivity index is 0.000000165. The number of ether oxygens (including phenoxy) is 4. The van der Waals surface area contributed by atoms with Crippen molar-refractivity contribution in [3.63, 3.8) is 0 Å².